The molecule has 0 radical (unpaired) electrons. The number of morpholine rings is 1. The number of pyridine rings is 1. The van der Waals surface area contributed by atoms with Gasteiger partial charge in [-0.05, 0) is 18.9 Å². The monoisotopic (exact) mass is 411 g/mol. The van der Waals surface area contributed by atoms with Gasteiger partial charge in [0.25, 0.3) is 0 Å². The molecule has 7 nitrogen and oxygen atoms in total. The van der Waals surface area contributed by atoms with Gasteiger partial charge in [0.2, 0.25) is 5.88 Å². The number of aryl methyl sites for hydroxylation is 1. The molecule has 0 spiro atoms. The first-order valence-electron chi connectivity index (χ1n) is 10.7. The Hall–Kier alpha value is -2.64. The summed E-state index contributed by atoms with van der Waals surface area (Å²) in [4.78, 5) is 9.14. The second-order valence-corrected chi connectivity index (χ2v) is 7.56. The van der Waals surface area contributed by atoms with Crippen molar-refractivity contribution < 1.29 is 9.47 Å². The highest BCUT2D eigenvalue weighted by Gasteiger charge is 2.11. The van der Waals surface area contributed by atoms with Crippen LogP contribution in [0.15, 0.2) is 41.5 Å². The molecule has 1 saturated heterocycles. The van der Waals surface area contributed by atoms with Crippen molar-refractivity contribution in [3.05, 3.63) is 47.5 Å². The van der Waals surface area contributed by atoms with E-state index < -0.39 is 0 Å². The second-order valence-electron chi connectivity index (χ2n) is 7.56. The van der Waals surface area contributed by atoms with Crippen molar-refractivity contribution in [1.29, 1.82) is 0 Å². The highest BCUT2D eigenvalue weighted by atomic mass is 16.5. The highest BCUT2D eigenvalue weighted by molar-refractivity contribution is 5.80. The second kappa shape index (κ2) is 11.5. The largest absolute Gasteiger partial charge is 0.476 e. The topological polar surface area (TPSA) is 62.2 Å². The molecule has 1 aromatic carbocycles. The average molecular weight is 412 g/mol. The van der Waals surface area contributed by atoms with Gasteiger partial charge in [-0.1, -0.05) is 36.8 Å². The van der Waals surface area contributed by atoms with Crippen molar-refractivity contribution in [3.63, 3.8) is 0 Å². The van der Waals surface area contributed by atoms with Crippen LogP contribution < -0.4 is 15.1 Å². The van der Waals surface area contributed by atoms with Crippen molar-refractivity contribution in [3.8, 4) is 5.88 Å². The van der Waals surface area contributed by atoms with Crippen LogP contribution in [0.2, 0.25) is 0 Å². The van der Waals surface area contributed by atoms with E-state index in [0.717, 1.165) is 57.1 Å². The van der Waals surface area contributed by atoms with Crippen LogP contribution >= 0.6 is 0 Å². The quantitative estimate of drug-likeness (QED) is 0.478. The van der Waals surface area contributed by atoms with Crippen molar-refractivity contribution in [2.45, 2.75) is 20.3 Å². The Kier molecular flexibility index (Phi) is 8.47. The Balaban J connectivity index is 1.65. The predicted octanol–water partition coefficient (Wildman–Crippen LogP) is 3.39. The van der Waals surface area contributed by atoms with Crippen molar-refractivity contribution in [2.75, 3.05) is 63.4 Å². The molecular formula is C23H33N5O2. The van der Waals surface area contributed by atoms with E-state index in [1.54, 1.807) is 6.21 Å². The van der Waals surface area contributed by atoms with Gasteiger partial charge in [0, 0.05) is 51.0 Å². The lowest BCUT2D eigenvalue weighted by molar-refractivity contribution is 0.0320. The summed E-state index contributed by atoms with van der Waals surface area (Å²) >= 11 is 0. The van der Waals surface area contributed by atoms with Crippen LogP contribution in [0, 0.1) is 6.92 Å². The summed E-state index contributed by atoms with van der Waals surface area (Å²) in [5, 5.41) is 4.36. The maximum absolute atomic E-state index is 5.99. The Bertz CT molecular complexity index is 821. The third-order valence-electron chi connectivity index (χ3n) is 4.98. The van der Waals surface area contributed by atoms with Gasteiger partial charge in [-0.15, -0.1) is 0 Å². The Morgan fingerprint density at radius 1 is 1.27 bits per heavy atom. The minimum atomic E-state index is 0.597. The van der Waals surface area contributed by atoms with Gasteiger partial charge in [0.15, 0.2) is 5.82 Å². The minimum absolute atomic E-state index is 0.597. The fourth-order valence-electron chi connectivity index (χ4n) is 3.34. The van der Waals surface area contributed by atoms with E-state index >= 15 is 0 Å². The molecule has 0 amide bonds. The van der Waals surface area contributed by atoms with Gasteiger partial charge < -0.3 is 14.4 Å². The first kappa shape index (κ1) is 22.1. The molecule has 30 heavy (non-hydrogen) atoms. The summed E-state index contributed by atoms with van der Waals surface area (Å²) in [6, 6.07) is 12.2. The van der Waals surface area contributed by atoms with Crippen LogP contribution in [0.3, 0.4) is 0 Å². The Morgan fingerprint density at radius 3 is 2.87 bits per heavy atom. The molecule has 0 bridgehead atoms. The molecule has 0 aliphatic carbocycles. The third-order valence-corrected chi connectivity index (χ3v) is 4.98. The van der Waals surface area contributed by atoms with Crippen LogP contribution in [-0.2, 0) is 4.74 Å². The van der Waals surface area contributed by atoms with Crippen LogP contribution in [0.1, 0.15) is 24.5 Å². The van der Waals surface area contributed by atoms with Crippen molar-refractivity contribution >= 4 is 17.7 Å². The van der Waals surface area contributed by atoms with Gasteiger partial charge in [-0.25, -0.2) is 0 Å². The molecule has 1 aromatic heterocycles. The number of nitrogens with one attached hydrogen (secondary N) is 1. The van der Waals surface area contributed by atoms with E-state index in [4.69, 9.17) is 9.47 Å². The molecule has 1 N–H and O–H groups in total. The first-order valence-corrected chi connectivity index (χ1v) is 10.7. The van der Waals surface area contributed by atoms with Crippen molar-refractivity contribution in [1.82, 2.24) is 9.88 Å². The number of rotatable bonds is 10. The van der Waals surface area contributed by atoms with E-state index in [-0.39, 0.29) is 0 Å². The van der Waals surface area contributed by atoms with Crippen LogP contribution in [0.5, 0.6) is 5.88 Å². The van der Waals surface area contributed by atoms with Gasteiger partial charge in [-0.2, -0.15) is 10.1 Å². The maximum atomic E-state index is 5.99. The number of aromatic nitrogens is 1. The van der Waals surface area contributed by atoms with Gasteiger partial charge >= 0.3 is 0 Å². The molecule has 0 atom stereocenters. The summed E-state index contributed by atoms with van der Waals surface area (Å²) in [5.74, 6) is 1.28. The van der Waals surface area contributed by atoms with Crippen LogP contribution in [0.4, 0.5) is 11.5 Å². The zero-order valence-corrected chi connectivity index (χ0v) is 18.3. The fraction of sp³-hybridized carbons (Fsp3) is 0.478. The Morgan fingerprint density at radius 2 is 2.10 bits per heavy atom. The normalized spacial score (nSPS) is 14.8. The van der Waals surface area contributed by atoms with E-state index in [1.807, 2.05) is 24.3 Å². The maximum Gasteiger partial charge on any atom is 0.217 e. The summed E-state index contributed by atoms with van der Waals surface area (Å²) in [7, 11) is 2.08. The number of anilines is 2. The highest BCUT2D eigenvalue weighted by Crippen LogP contribution is 2.23. The molecule has 1 aliphatic rings. The van der Waals surface area contributed by atoms with Gasteiger partial charge in [0.1, 0.15) is 6.61 Å². The molecule has 7 heteroatoms. The average Bonchev–Trinajstić information content (AvgIpc) is 2.75. The van der Waals surface area contributed by atoms with Gasteiger partial charge in [0.05, 0.1) is 19.4 Å². The first-order chi connectivity index (χ1) is 14.6. The third kappa shape index (κ3) is 7.00. The molecule has 2 heterocycles. The van der Waals surface area contributed by atoms with E-state index in [9.17, 15) is 0 Å². The number of nitrogens with zero attached hydrogens (tertiary/aromatic N) is 4. The standard InChI is InChI=1S/C23H33N5O2/c1-4-8-27(3)21-16-22(26-24-18-20-7-5-6-19(2)15-20)25-23(17-21)30-14-11-28-9-12-29-13-10-28/h5-7,15-18H,4,8-14H2,1-3H3,(H,25,26)/b24-18+. The number of hydrogen-bond donors (Lipinski definition) is 1. The lowest BCUT2D eigenvalue weighted by atomic mass is 10.2. The predicted molar refractivity (Wildman–Crippen MR) is 123 cm³/mol. The van der Waals surface area contributed by atoms with Gasteiger partial charge in [-0.3, -0.25) is 10.3 Å². The molecule has 1 aliphatic heterocycles. The molecular weight excluding hydrogens is 378 g/mol. The number of hydrogen-bond acceptors (Lipinski definition) is 7. The summed E-state index contributed by atoms with van der Waals surface area (Å²) in [6.07, 6.45) is 2.87. The smallest absolute Gasteiger partial charge is 0.217 e. The van der Waals surface area contributed by atoms with E-state index in [0.29, 0.717) is 18.3 Å². The zero-order chi connectivity index (χ0) is 21.2. The number of benzene rings is 1. The van der Waals surface area contributed by atoms with E-state index in [2.05, 4.69) is 58.3 Å². The minimum Gasteiger partial charge on any atom is -0.476 e. The molecule has 0 saturated carbocycles. The van der Waals surface area contributed by atoms with Crippen LogP contribution in [0.25, 0.3) is 0 Å². The Labute approximate surface area is 179 Å². The molecule has 162 valence electrons. The zero-order valence-electron chi connectivity index (χ0n) is 18.3. The summed E-state index contributed by atoms with van der Waals surface area (Å²) in [5.41, 5.74) is 6.36. The lowest BCUT2D eigenvalue weighted by Gasteiger charge is -2.26. The fourth-order valence-corrected chi connectivity index (χ4v) is 3.34. The molecule has 0 unspecified atom stereocenters. The SMILES string of the molecule is CCCN(C)c1cc(N/N=C/c2cccc(C)c2)nc(OCCN2CCOCC2)c1. The molecule has 3 rings (SSSR count). The lowest BCUT2D eigenvalue weighted by Crippen LogP contribution is -2.38. The van der Waals surface area contributed by atoms with Crippen molar-refractivity contribution in [2.24, 2.45) is 5.10 Å². The summed E-state index contributed by atoms with van der Waals surface area (Å²) < 4.78 is 11.4. The molecule has 1 fully saturated rings. The summed E-state index contributed by atoms with van der Waals surface area (Å²) in [6.45, 7) is 10.2. The molecule has 2 aromatic rings. The number of ether oxygens (including phenoxy) is 2. The number of hydrazone groups is 1. The van der Waals surface area contributed by atoms with E-state index in [1.165, 1.54) is 5.56 Å². The van der Waals surface area contributed by atoms with Crippen LogP contribution in [-0.4, -0.2) is 69.1 Å².